The van der Waals surface area contributed by atoms with Crippen LogP contribution < -0.4 is 24.8 Å². The third kappa shape index (κ3) is 3.17. The van der Waals surface area contributed by atoms with Crippen molar-refractivity contribution in [2.24, 2.45) is 0 Å². The zero-order chi connectivity index (χ0) is 15.4. The number of rotatable bonds is 4. The summed E-state index contributed by atoms with van der Waals surface area (Å²) in [4.78, 5) is 12.3. The number of ether oxygens (including phenoxy) is 3. The summed E-state index contributed by atoms with van der Waals surface area (Å²) in [5.41, 5.74) is 1.76. The van der Waals surface area contributed by atoms with Crippen LogP contribution in [0.5, 0.6) is 17.2 Å². The van der Waals surface area contributed by atoms with E-state index in [1.807, 2.05) is 0 Å². The molecule has 0 unspecified atom stereocenters. The van der Waals surface area contributed by atoms with Crippen molar-refractivity contribution in [3.63, 3.8) is 0 Å². The van der Waals surface area contributed by atoms with Gasteiger partial charge >= 0.3 is 0 Å². The van der Waals surface area contributed by atoms with Crippen molar-refractivity contribution < 1.29 is 19.0 Å². The monoisotopic (exact) mass is 304 g/mol. The molecule has 0 spiro atoms. The van der Waals surface area contributed by atoms with Crippen LogP contribution in [0.2, 0.25) is 0 Å². The van der Waals surface area contributed by atoms with Crippen LogP contribution in [0.4, 0.5) is 0 Å². The van der Waals surface area contributed by atoms with E-state index < -0.39 is 0 Å². The Balaban J connectivity index is 1.73. The van der Waals surface area contributed by atoms with E-state index in [9.17, 15) is 4.79 Å². The normalized spacial score (nSPS) is 16.7. The SMILES string of the molecule is COc1cc(C(=O)NCC2=CCNCC2)cc2c1OCCO2. The molecule has 0 aliphatic carbocycles. The maximum Gasteiger partial charge on any atom is 0.251 e. The van der Waals surface area contributed by atoms with Gasteiger partial charge in [-0.15, -0.1) is 0 Å². The highest BCUT2D eigenvalue weighted by molar-refractivity contribution is 5.95. The van der Waals surface area contributed by atoms with Crippen LogP contribution in [0.15, 0.2) is 23.8 Å². The van der Waals surface area contributed by atoms with Gasteiger partial charge in [0, 0.05) is 18.7 Å². The first kappa shape index (κ1) is 14.7. The van der Waals surface area contributed by atoms with Gasteiger partial charge < -0.3 is 24.8 Å². The van der Waals surface area contributed by atoms with Crippen molar-refractivity contribution in [1.29, 1.82) is 0 Å². The molecule has 0 aromatic heterocycles. The standard InChI is InChI=1S/C16H20N2O4/c1-20-13-8-12(9-14-15(13)22-7-6-21-14)16(19)18-10-11-2-4-17-5-3-11/h2,8-9,17H,3-7,10H2,1H3,(H,18,19). The summed E-state index contributed by atoms with van der Waals surface area (Å²) in [6, 6.07) is 3.38. The highest BCUT2D eigenvalue weighted by Crippen LogP contribution is 2.40. The first-order chi connectivity index (χ1) is 10.8. The lowest BCUT2D eigenvalue weighted by molar-refractivity contribution is 0.0954. The highest BCUT2D eigenvalue weighted by Gasteiger charge is 2.20. The molecule has 0 radical (unpaired) electrons. The molecule has 6 nitrogen and oxygen atoms in total. The van der Waals surface area contributed by atoms with Crippen LogP contribution in [0.1, 0.15) is 16.8 Å². The second-order valence-corrected chi connectivity index (χ2v) is 5.20. The lowest BCUT2D eigenvalue weighted by atomic mass is 10.1. The fourth-order valence-corrected chi connectivity index (χ4v) is 2.53. The molecular weight excluding hydrogens is 284 g/mol. The number of hydrogen-bond donors (Lipinski definition) is 2. The van der Waals surface area contributed by atoms with Gasteiger partial charge in [-0.1, -0.05) is 11.6 Å². The van der Waals surface area contributed by atoms with Crippen molar-refractivity contribution >= 4 is 5.91 Å². The van der Waals surface area contributed by atoms with Gasteiger partial charge in [0.1, 0.15) is 13.2 Å². The third-order valence-corrected chi connectivity index (χ3v) is 3.72. The van der Waals surface area contributed by atoms with Crippen molar-refractivity contribution in [3.8, 4) is 17.2 Å². The third-order valence-electron chi connectivity index (χ3n) is 3.72. The van der Waals surface area contributed by atoms with E-state index in [0.717, 1.165) is 19.5 Å². The van der Waals surface area contributed by atoms with E-state index in [0.29, 0.717) is 42.6 Å². The van der Waals surface area contributed by atoms with E-state index >= 15 is 0 Å². The van der Waals surface area contributed by atoms with Crippen LogP contribution >= 0.6 is 0 Å². The highest BCUT2D eigenvalue weighted by atomic mass is 16.6. The zero-order valence-corrected chi connectivity index (χ0v) is 12.6. The van der Waals surface area contributed by atoms with Gasteiger partial charge in [-0.25, -0.2) is 0 Å². The molecule has 1 aromatic rings. The molecule has 2 heterocycles. The molecule has 0 saturated heterocycles. The average Bonchev–Trinajstić information content (AvgIpc) is 2.59. The van der Waals surface area contributed by atoms with Gasteiger partial charge in [-0.05, 0) is 25.1 Å². The largest absolute Gasteiger partial charge is 0.493 e. The van der Waals surface area contributed by atoms with E-state index in [1.54, 1.807) is 19.2 Å². The first-order valence-corrected chi connectivity index (χ1v) is 7.42. The Morgan fingerprint density at radius 3 is 3.00 bits per heavy atom. The van der Waals surface area contributed by atoms with Crippen molar-refractivity contribution in [1.82, 2.24) is 10.6 Å². The van der Waals surface area contributed by atoms with Crippen molar-refractivity contribution in [3.05, 3.63) is 29.3 Å². The minimum Gasteiger partial charge on any atom is -0.493 e. The Kier molecular flexibility index (Phi) is 4.48. The smallest absolute Gasteiger partial charge is 0.251 e. The number of amides is 1. The van der Waals surface area contributed by atoms with E-state index in [1.165, 1.54) is 5.57 Å². The van der Waals surface area contributed by atoms with Gasteiger partial charge in [0.05, 0.1) is 7.11 Å². The molecule has 2 N–H and O–H groups in total. The Bertz CT molecular complexity index is 581. The molecule has 0 bridgehead atoms. The lowest BCUT2D eigenvalue weighted by Crippen LogP contribution is -2.29. The fourth-order valence-electron chi connectivity index (χ4n) is 2.53. The number of carbonyl (C=O) groups is 1. The predicted molar refractivity (Wildman–Crippen MR) is 81.9 cm³/mol. The molecule has 2 aliphatic rings. The maximum atomic E-state index is 12.3. The van der Waals surface area contributed by atoms with Crippen LogP contribution in [0.3, 0.4) is 0 Å². The number of hydrogen-bond acceptors (Lipinski definition) is 5. The molecule has 2 aliphatic heterocycles. The second kappa shape index (κ2) is 6.70. The molecular formula is C16H20N2O4. The fraction of sp³-hybridized carbons (Fsp3) is 0.438. The Morgan fingerprint density at radius 2 is 2.23 bits per heavy atom. The van der Waals surface area contributed by atoms with Crippen LogP contribution in [0.25, 0.3) is 0 Å². The summed E-state index contributed by atoms with van der Waals surface area (Å²) in [6.45, 7) is 3.35. The van der Waals surface area contributed by atoms with Gasteiger partial charge in [-0.2, -0.15) is 0 Å². The lowest BCUT2D eigenvalue weighted by Gasteiger charge is -2.21. The van der Waals surface area contributed by atoms with Crippen LogP contribution in [-0.4, -0.2) is 45.9 Å². The van der Waals surface area contributed by atoms with Crippen molar-refractivity contribution in [2.45, 2.75) is 6.42 Å². The quantitative estimate of drug-likeness (QED) is 0.816. The molecule has 3 rings (SSSR count). The summed E-state index contributed by atoms with van der Waals surface area (Å²) < 4.78 is 16.4. The van der Waals surface area contributed by atoms with Gasteiger partial charge in [0.2, 0.25) is 5.75 Å². The minimum atomic E-state index is -0.144. The average molecular weight is 304 g/mol. The van der Waals surface area contributed by atoms with E-state index in [4.69, 9.17) is 14.2 Å². The number of methoxy groups -OCH3 is 1. The molecule has 0 saturated carbocycles. The summed E-state index contributed by atoms with van der Waals surface area (Å²) in [6.07, 6.45) is 3.08. The summed E-state index contributed by atoms with van der Waals surface area (Å²) in [5.74, 6) is 1.49. The summed E-state index contributed by atoms with van der Waals surface area (Å²) >= 11 is 0. The Hall–Kier alpha value is -2.21. The molecule has 1 aromatic carbocycles. The maximum absolute atomic E-state index is 12.3. The Morgan fingerprint density at radius 1 is 1.36 bits per heavy atom. The zero-order valence-electron chi connectivity index (χ0n) is 12.6. The second-order valence-electron chi connectivity index (χ2n) is 5.20. The molecule has 1 amide bonds. The van der Waals surface area contributed by atoms with Gasteiger partial charge in [0.15, 0.2) is 11.5 Å². The molecule has 22 heavy (non-hydrogen) atoms. The van der Waals surface area contributed by atoms with Crippen molar-refractivity contribution in [2.75, 3.05) is 40.0 Å². The summed E-state index contributed by atoms with van der Waals surface area (Å²) in [5, 5.41) is 6.19. The van der Waals surface area contributed by atoms with Crippen LogP contribution in [0, 0.1) is 0 Å². The number of benzene rings is 1. The molecule has 0 atom stereocenters. The van der Waals surface area contributed by atoms with Crippen LogP contribution in [-0.2, 0) is 0 Å². The number of nitrogens with one attached hydrogen (secondary N) is 2. The molecule has 118 valence electrons. The topological polar surface area (TPSA) is 68.8 Å². The number of carbonyl (C=O) groups excluding carboxylic acids is 1. The summed E-state index contributed by atoms with van der Waals surface area (Å²) in [7, 11) is 1.55. The molecule has 0 fully saturated rings. The number of fused-ring (bicyclic) bond motifs is 1. The van der Waals surface area contributed by atoms with Gasteiger partial charge in [-0.3, -0.25) is 4.79 Å². The Labute approximate surface area is 129 Å². The first-order valence-electron chi connectivity index (χ1n) is 7.42. The van der Waals surface area contributed by atoms with E-state index in [2.05, 4.69) is 16.7 Å². The van der Waals surface area contributed by atoms with E-state index in [-0.39, 0.29) is 5.91 Å². The minimum absolute atomic E-state index is 0.144. The molecule has 6 heteroatoms. The van der Waals surface area contributed by atoms with Gasteiger partial charge in [0.25, 0.3) is 5.91 Å². The predicted octanol–water partition coefficient (Wildman–Crippen LogP) is 1.12.